The zero-order chi connectivity index (χ0) is 12.3. The van der Waals surface area contributed by atoms with Crippen molar-refractivity contribution in [3.63, 3.8) is 0 Å². The summed E-state index contributed by atoms with van der Waals surface area (Å²) in [6, 6.07) is 6.00. The maximum absolute atomic E-state index is 11.7. The predicted octanol–water partition coefficient (Wildman–Crippen LogP) is 1.53. The van der Waals surface area contributed by atoms with E-state index in [1.54, 1.807) is 19.1 Å². The highest BCUT2D eigenvalue weighted by Crippen LogP contribution is 2.14. The van der Waals surface area contributed by atoms with Crippen LogP contribution in [0.15, 0.2) is 29.2 Å². The van der Waals surface area contributed by atoms with Crippen molar-refractivity contribution in [2.24, 2.45) is 0 Å². The van der Waals surface area contributed by atoms with E-state index in [0.29, 0.717) is 12.0 Å². The second-order valence-electron chi connectivity index (χ2n) is 3.59. The molecule has 0 unspecified atom stereocenters. The number of carbonyl (C=O) groups excluding carboxylic acids is 1. The number of carbonyl (C=O) groups is 1. The number of ketones is 1. The zero-order valence-corrected chi connectivity index (χ0v) is 10.4. The van der Waals surface area contributed by atoms with Crippen LogP contribution in [0.25, 0.3) is 0 Å². The molecule has 0 aliphatic rings. The van der Waals surface area contributed by atoms with E-state index < -0.39 is 10.0 Å². The fraction of sp³-hybridized carbons (Fsp3) is 0.364. The van der Waals surface area contributed by atoms with Crippen molar-refractivity contribution in [1.82, 2.24) is 4.31 Å². The number of rotatable bonds is 4. The van der Waals surface area contributed by atoms with Crippen molar-refractivity contribution in [1.29, 1.82) is 0 Å². The van der Waals surface area contributed by atoms with E-state index in [4.69, 9.17) is 0 Å². The van der Waals surface area contributed by atoms with Crippen LogP contribution in [0.2, 0.25) is 0 Å². The molecule has 4 nitrogen and oxygen atoms in total. The van der Waals surface area contributed by atoms with Crippen LogP contribution in [-0.2, 0) is 10.0 Å². The van der Waals surface area contributed by atoms with Gasteiger partial charge in [-0.3, -0.25) is 4.79 Å². The van der Waals surface area contributed by atoms with Gasteiger partial charge in [0.05, 0.1) is 4.90 Å². The molecule has 0 spiro atoms. The SMILES string of the molecule is CCC(=O)c1ccc(S(=O)(=O)N(C)C)cc1. The highest BCUT2D eigenvalue weighted by Gasteiger charge is 2.16. The lowest BCUT2D eigenvalue weighted by Crippen LogP contribution is -2.22. The number of hydrogen-bond donors (Lipinski definition) is 0. The van der Waals surface area contributed by atoms with Crippen molar-refractivity contribution in [2.45, 2.75) is 18.2 Å². The smallest absolute Gasteiger partial charge is 0.242 e. The first-order valence-electron chi connectivity index (χ1n) is 4.95. The van der Waals surface area contributed by atoms with Gasteiger partial charge in [0.15, 0.2) is 5.78 Å². The van der Waals surface area contributed by atoms with E-state index in [2.05, 4.69) is 0 Å². The maximum Gasteiger partial charge on any atom is 0.242 e. The summed E-state index contributed by atoms with van der Waals surface area (Å²) in [5, 5.41) is 0. The average molecular weight is 241 g/mol. The van der Waals surface area contributed by atoms with E-state index in [9.17, 15) is 13.2 Å². The van der Waals surface area contributed by atoms with E-state index >= 15 is 0 Å². The number of Topliss-reactive ketones (excluding diaryl/α,β-unsaturated/α-hetero) is 1. The Labute approximate surface area is 95.9 Å². The van der Waals surface area contributed by atoms with Gasteiger partial charge in [-0.15, -0.1) is 0 Å². The predicted molar refractivity (Wildman–Crippen MR) is 61.9 cm³/mol. The summed E-state index contributed by atoms with van der Waals surface area (Å²) < 4.78 is 24.6. The van der Waals surface area contributed by atoms with Crippen LogP contribution in [0.3, 0.4) is 0 Å². The van der Waals surface area contributed by atoms with Crippen LogP contribution in [0.4, 0.5) is 0 Å². The monoisotopic (exact) mass is 241 g/mol. The molecule has 88 valence electrons. The molecule has 0 heterocycles. The molecule has 0 aromatic heterocycles. The van der Waals surface area contributed by atoms with Crippen molar-refractivity contribution in [2.75, 3.05) is 14.1 Å². The van der Waals surface area contributed by atoms with Crippen molar-refractivity contribution in [3.05, 3.63) is 29.8 Å². The van der Waals surface area contributed by atoms with Gasteiger partial charge in [-0.2, -0.15) is 0 Å². The molecule has 0 radical (unpaired) electrons. The minimum atomic E-state index is -3.40. The lowest BCUT2D eigenvalue weighted by Gasteiger charge is -2.11. The van der Waals surface area contributed by atoms with E-state index in [1.807, 2.05) is 0 Å². The highest BCUT2D eigenvalue weighted by molar-refractivity contribution is 7.89. The highest BCUT2D eigenvalue weighted by atomic mass is 32.2. The number of nitrogens with zero attached hydrogens (tertiary/aromatic N) is 1. The Balaban J connectivity index is 3.10. The van der Waals surface area contributed by atoms with Crippen LogP contribution in [0, 0.1) is 0 Å². The van der Waals surface area contributed by atoms with E-state index in [0.717, 1.165) is 4.31 Å². The third-order valence-electron chi connectivity index (χ3n) is 2.28. The van der Waals surface area contributed by atoms with Crippen LogP contribution >= 0.6 is 0 Å². The van der Waals surface area contributed by atoms with Crippen LogP contribution in [-0.4, -0.2) is 32.6 Å². The largest absolute Gasteiger partial charge is 0.294 e. The second kappa shape index (κ2) is 4.76. The maximum atomic E-state index is 11.7. The quantitative estimate of drug-likeness (QED) is 0.751. The molecule has 0 aliphatic heterocycles. The van der Waals surface area contributed by atoms with Gasteiger partial charge < -0.3 is 0 Å². The Morgan fingerprint density at radius 1 is 1.19 bits per heavy atom. The van der Waals surface area contributed by atoms with Gasteiger partial charge in [-0.1, -0.05) is 19.1 Å². The lowest BCUT2D eigenvalue weighted by atomic mass is 10.1. The van der Waals surface area contributed by atoms with Crippen LogP contribution in [0.1, 0.15) is 23.7 Å². The minimum absolute atomic E-state index is 0.00815. The first-order chi connectivity index (χ1) is 7.39. The molecule has 0 saturated heterocycles. The fourth-order valence-electron chi connectivity index (χ4n) is 1.23. The number of sulfonamides is 1. The van der Waals surface area contributed by atoms with Crippen molar-refractivity contribution < 1.29 is 13.2 Å². The Hall–Kier alpha value is -1.20. The standard InChI is InChI=1S/C11H15NO3S/c1-4-11(13)9-5-7-10(8-6-9)16(14,15)12(2)3/h5-8H,4H2,1-3H3. The Morgan fingerprint density at radius 2 is 1.69 bits per heavy atom. The molecule has 0 saturated carbocycles. The summed E-state index contributed by atoms with van der Waals surface area (Å²) in [5.41, 5.74) is 0.542. The van der Waals surface area contributed by atoms with Crippen LogP contribution in [0.5, 0.6) is 0 Å². The number of benzene rings is 1. The molecule has 1 aromatic rings. The first kappa shape index (κ1) is 12.9. The van der Waals surface area contributed by atoms with E-state index in [-0.39, 0.29) is 10.7 Å². The Morgan fingerprint density at radius 3 is 2.06 bits per heavy atom. The summed E-state index contributed by atoms with van der Waals surface area (Å²) in [6.07, 6.45) is 0.416. The Kier molecular flexibility index (Phi) is 3.83. The van der Waals surface area contributed by atoms with Crippen LogP contribution < -0.4 is 0 Å². The molecular formula is C11H15NO3S. The second-order valence-corrected chi connectivity index (χ2v) is 5.74. The fourth-order valence-corrected chi connectivity index (χ4v) is 2.13. The third kappa shape index (κ3) is 2.48. The van der Waals surface area contributed by atoms with Gasteiger partial charge in [-0.05, 0) is 12.1 Å². The van der Waals surface area contributed by atoms with Gasteiger partial charge in [0.2, 0.25) is 10.0 Å². The first-order valence-corrected chi connectivity index (χ1v) is 6.39. The molecule has 0 bridgehead atoms. The van der Waals surface area contributed by atoms with Gasteiger partial charge in [0.25, 0.3) is 0 Å². The molecule has 0 fully saturated rings. The molecule has 5 heteroatoms. The molecule has 16 heavy (non-hydrogen) atoms. The summed E-state index contributed by atoms with van der Waals surface area (Å²) in [7, 11) is -0.459. The lowest BCUT2D eigenvalue weighted by molar-refractivity contribution is 0.0988. The topological polar surface area (TPSA) is 54.5 Å². The molecule has 1 rings (SSSR count). The third-order valence-corrected chi connectivity index (χ3v) is 4.11. The normalized spacial score (nSPS) is 11.8. The van der Waals surface area contributed by atoms with Gasteiger partial charge in [0, 0.05) is 26.1 Å². The van der Waals surface area contributed by atoms with Gasteiger partial charge in [-0.25, -0.2) is 12.7 Å². The summed E-state index contributed by atoms with van der Waals surface area (Å²) in [5.74, 6) is 0.00815. The molecule has 1 aromatic carbocycles. The summed E-state index contributed by atoms with van der Waals surface area (Å²) >= 11 is 0. The van der Waals surface area contributed by atoms with Gasteiger partial charge >= 0.3 is 0 Å². The van der Waals surface area contributed by atoms with Crippen molar-refractivity contribution in [3.8, 4) is 0 Å². The molecule has 0 N–H and O–H groups in total. The minimum Gasteiger partial charge on any atom is -0.294 e. The molecular weight excluding hydrogens is 226 g/mol. The molecule has 0 atom stereocenters. The molecule has 0 amide bonds. The Bertz CT molecular complexity index is 474. The number of hydrogen-bond acceptors (Lipinski definition) is 3. The molecule has 0 aliphatic carbocycles. The summed E-state index contributed by atoms with van der Waals surface area (Å²) in [6.45, 7) is 1.77. The zero-order valence-electron chi connectivity index (χ0n) is 9.60. The average Bonchev–Trinajstić information content (AvgIpc) is 2.28. The van der Waals surface area contributed by atoms with Crippen molar-refractivity contribution >= 4 is 15.8 Å². The van der Waals surface area contributed by atoms with Gasteiger partial charge in [0.1, 0.15) is 0 Å². The summed E-state index contributed by atoms with van der Waals surface area (Å²) in [4.78, 5) is 11.5. The van der Waals surface area contributed by atoms with E-state index in [1.165, 1.54) is 26.2 Å².